The first-order valence-electron chi connectivity index (χ1n) is 11.6. The lowest BCUT2D eigenvalue weighted by atomic mass is 10.1. The van der Waals surface area contributed by atoms with Gasteiger partial charge in [0.15, 0.2) is 5.82 Å². The van der Waals surface area contributed by atoms with E-state index in [2.05, 4.69) is 35.3 Å². The molecule has 0 spiro atoms. The number of H-pyrrole nitrogens is 1. The molecule has 35 heavy (non-hydrogen) atoms. The van der Waals surface area contributed by atoms with Gasteiger partial charge in [-0.05, 0) is 36.9 Å². The summed E-state index contributed by atoms with van der Waals surface area (Å²) in [4.78, 5) is 13.2. The van der Waals surface area contributed by atoms with Gasteiger partial charge < -0.3 is 15.3 Å². The first-order valence-corrected chi connectivity index (χ1v) is 11.6. The van der Waals surface area contributed by atoms with Crippen molar-refractivity contribution in [3.05, 3.63) is 59.8 Å². The third kappa shape index (κ3) is 4.72. The smallest absolute Gasteiger partial charge is 0.165 e. The minimum atomic E-state index is -0.705. The van der Waals surface area contributed by atoms with E-state index in [0.717, 1.165) is 37.4 Å². The molecule has 0 unspecified atom stereocenters. The van der Waals surface area contributed by atoms with Crippen molar-refractivity contribution in [2.24, 2.45) is 0 Å². The monoisotopic (exact) mass is 479 g/mol. The fraction of sp³-hybridized carbons (Fsp3) is 0.320. The molecule has 8 nitrogen and oxygen atoms in total. The van der Waals surface area contributed by atoms with E-state index < -0.39 is 11.6 Å². The largest absolute Gasteiger partial charge is 0.395 e. The highest BCUT2D eigenvalue weighted by Crippen LogP contribution is 2.30. The van der Waals surface area contributed by atoms with E-state index in [9.17, 15) is 8.78 Å². The summed E-state index contributed by atoms with van der Waals surface area (Å²) < 4.78 is 29.5. The van der Waals surface area contributed by atoms with Gasteiger partial charge in [0.1, 0.15) is 28.4 Å². The predicted molar refractivity (Wildman–Crippen MR) is 131 cm³/mol. The van der Waals surface area contributed by atoms with E-state index >= 15 is 0 Å². The summed E-state index contributed by atoms with van der Waals surface area (Å²) in [5.41, 5.74) is 3.88. The Morgan fingerprint density at radius 1 is 1.06 bits per heavy atom. The molecule has 1 saturated heterocycles. The molecule has 10 heteroatoms. The Balaban J connectivity index is 1.42. The summed E-state index contributed by atoms with van der Waals surface area (Å²) in [6.07, 6.45) is 1.49. The quantitative estimate of drug-likeness (QED) is 0.375. The lowest BCUT2D eigenvalue weighted by Crippen LogP contribution is -2.47. The maximum atomic E-state index is 14.8. The highest BCUT2D eigenvalue weighted by atomic mass is 19.1. The first kappa shape index (κ1) is 23.3. The van der Waals surface area contributed by atoms with Gasteiger partial charge in [0, 0.05) is 50.5 Å². The molecule has 3 heterocycles. The Hall–Kier alpha value is -3.47. The third-order valence-corrected chi connectivity index (χ3v) is 6.30. The maximum Gasteiger partial charge on any atom is 0.165 e. The van der Waals surface area contributed by atoms with Crippen LogP contribution in [0.15, 0.2) is 42.6 Å². The lowest BCUT2D eigenvalue weighted by Gasteiger charge is -2.35. The summed E-state index contributed by atoms with van der Waals surface area (Å²) >= 11 is 0. The van der Waals surface area contributed by atoms with E-state index in [1.807, 2.05) is 24.3 Å². The normalized spacial score (nSPS) is 14.7. The fourth-order valence-electron chi connectivity index (χ4n) is 4.48. The minimum absolute atomic E-state index is 0.0245. The van der Waals surface area contributed by atoms with Gasteiger partial charge in [-0.15, -0.1) is 0 Å². The fourth-order valence-corrected chi connectivity index (χ4v) is 4.48. The van der Waals surface area contributed by atoms with Crippen molar-refractivity contribution in [3.63, 3.8) is 0 Å². The average molecular weight is 480 g/mol. The summed E-state index contributed by atoms with van der Waals surface area (Å²) in [6.45, 7) is 4.85. The van der Waals surface area contributed by atoms with Gasteiger partial charge in [0.2, 0.25) is 0 Å². The molecule has 0 aliphatic carbocycles. The van der Waals surface area contributed by atoms with Crippen LogP contribution in [-0.4, -0.2) is 76.6 Å². The van der Waals surface area contributed by atoms with Gasteiger partial charge >= 0.3 is 0 Å². The molecule has 4 aromatic rings. The standard InChI is InChI=1S/C25H27F2N7O/c1-28-14-16-12-19(26)22(20(27)13-16)25-29-15-21-24(30-25)23(32-31-21)17-2-4-18(5-3-17)34-8-6-33(7-9-34)10-11-35/h2-5,12-13,15,28,35H,6-11,14H2,1H3,(H,31,32). The van der Waals surface area contributed by atoms with Crippen LogP contribution in [-0.2, 0) is 6.54 Å². The van der Waals surface area contributed by atoms with E-state index in [1.165, 1.54) is 18.3 Å². The molecular weight excluding hydrogens is 452 g/mol. The topological polar surface area (TPSA) is 93.2 Å². The lowest BCUT2D eigenvalue weighted by molar-refractivity contribution is 0.189. The van der Waals surface area contributed by atoms with Crippen LogP contribution in [0.5, 0.6) is 0 Å². The van der Waals surface area contributed by atoms with Crippen LogP contribution in [0.25, 0.3) is 33.7 Å². The van der Waals surface area contributed by atoms with Crippen molar-refractivity contribution < 1.29 is 13.9 Å². The first-order chi connectivity index (χ1) is 17.1. The molecule has 1 aliphatic heterocycles. The molecule has 0 amide bonds. The summed E-state index contributed by atoms with van der Waals surface area (Å²) in [6, 6.07) is 10.6. The molecule has 1 fully saturated rings. The van der Waals surface area contributed by atoms with E-state index in [0.29, 0.717) is 35.4 Å². The molecule has 3 N–H and O–H groups in total. The van der Waals surface area contributed by atoms with Gasteiger partial charge in [0.25, 0.3) is 0 Å². The van der Waals surface area contributed by atoms with Gasteiger partial charge in [-0.3, -0.25) is 10.00 Å². The second kappa shape index (κ2) is 10.0. The SMILES string of the molecule is CNCc1cc(F)c(-c2ncc3[nH]nc(-c4ccc(N5CCN(CCO)CC5)cc4)c3n2)c(F)c1. The number of aromatic amines is 1. The zero-order valence-electron chi connectivity index (χ0n) is 19.4. The highest BCUT2D eigenvalue weighted by Gasteiger charge is 2.20. The number of benzene rings is 2. The van der Waals surface area contributed by atoms with Crippen molar-refractivity contribution in [1.82, 2.24) is 30.4 Å². The number of nitrogens with one attached hydrogen (secondary N) is 2. The molecule has 2 aromatic carbocycles. The number of aliphatic hydroxyl groups excluding tert-OH is 1. The Kier molecular flexibility index (Phi) is 6.67. The number of anilines is 1. The average Bonchev–Trinajstić information content (AvgIpc) is 3.28. The number of hydrogen-bond donors (Lipinski definition) is 3. The summed E-state index contributed by atoms with van der Waals surface area (Å²) in [5.74, 6) is -1.44. The molecular formula is C25H27F2N7O. The molecule has 1 aliphatic rings. The number of aliphatic hydroxyl groups is 1. The second-order valence-corrected chi connectivity index (χ2v) is 8.59. The number of fused-ring (bicyclic) bond motifs is 1. The number of hydrogen-bond acceptors (Lipinski definition) is 7. The molecule has 0 saturated carbocycles. The van der Waals surface area contributed by atoms with Crippen LogP contribution < -0.4 is 10.2 Å². The van der Waals surface area contributed by atoms with Crippen LogP contribution in [0.1, 0.15) is 5.56 Å². The summed E-state index contributed by atoms with van der Waals surface area (Å²) in [5, 5.41) is 19.3. The summed E-state index contributed by atoms with van der Waals surface area (Å²) in [7, 11) is 1.72. The highest BCUT2D eigenvalue weighted by molar-refractivity contribution is 5.90. The van der Waals surface area contributed by atoms with Crippen molar-refractivity contribution in [3.8, 4) is 22.6 Å². The number of piperazine rings is 1. The molecule has 2 aromatic heterocycles. The number of rotatable bonds is 7. The Morgan fingerprint density at radius 2 is 1.77 bits per heavy atom. The van der Waals surface area contributed by atoms with E-state index in [4.69, 9.17) is 5.11 Å². The Morgan fingerprint density at radius 3 is 2.43 bits per heavy atom. The van der Waals surface area contributed by atoms with Gasteiger partial charge in [-0.25, -0.2) is 18.7 Å². The number of β-amino-alcohol motifs (C(OH)–C–C–N with tert-alkyl or cyclic N) is 1. The van der Waals surface area contributed by atoms with Crippen molar-refractivity contribution in [2.45, 2.75) is 6.54 Å². The number of nitrogens with zero attached hydrogens (tertiary/aromatic N) is 5. The van der Waals surface area contributed by atoms with Gasteiger partial charge in [0.05, 0.1) is 18.4 Å². The van der Waals surface area contributed by atoms with Crippen LogP contribution in [0, 0.1) is 11.6 Å². The maximum absolute atomic E-state index is 14.8. The Bertz CT molecular complexity index is 1290. The third-order valence-electron chi connectivity index (χ3n) is 6.30. The zero-order valence-corrected chi connectivity index (χ0v) is 19.4. The molecule has 5 rings (SSSR count). The van der Waals surface area contributed by atoms with Crippen LogP contribution in [0.3, 0.4) is 0 Å². The van der Waals surface area contributed by atoms with Crippen molar-refractivity contribution in [2.75, 3.05) is 51.3 Å². The van der Waals surface area contributed by atoms with E-state index in [1.54, 1.807) is 7.05 Å². The van der Waals surface area contributed by atoms with Crippen LogP contribution >= 0.6 is 0 Å². The number of aromatic nitrogens is 4. The molecule has 0 atom stereocenters. The predicted octanol–water partition coefficient (Wildman–Crippen LogP) is 2.80. The van der Waals surface area contributed by atoms with Crippen LogP contribution in [0.2, 0.25) is 0 Å². The Labute approximate surface area is 201 Å². The van der Waals surface area contributed by atoms with Gasteiger partial charge in [-0.1, -0.05) is 12.1 Å². The number of halogens is 2. The van der Waals surface area contributed by atoms with Gasteiger partial charge in [-0.2, -0.15) is 5.10 Å². The van der Waals surface area contributed by atoms with Crippen molar-refractivity contribution in [1.29, 1.82) is 0 Å². The zero-order chi connectivity index (χ0) is 24.4. The van der Waals surface area contributed by atoms with Crippen molar-refractivity contribution >= 4 is 16.7 Å². The minimum Gasteiger partial charge on any atom is -0.395 e. The molecule has 0 bridgehead atoms. The molecule has 182 valence electrons. The van der Waals surface area contributed by atoms with Crippen LogP contribution in [0.4, 0.5) is 14.5 Å². The second-order valence-electron chi connectivity index (χ2n) is 8.59. The van der Waals surface area contributed by atoms with E-state index in [-0.39, 0.29) is 18.0 Å². The molecule has 0 radical (unpaired) electrons.